The van der Waals surface area contributed by atoms with Crippen LogP contribution in [0.3, 0.4) is 0 Å². The van der Waals surface area contributed by atoms with Gasteiger partial charge in [0.2, 0.25) is 5.91 Å². The highest BCUT2D eigenvalue weighted by Gasteiger charge is 2.21. The van der Waals surface area contributed by atoms with Crippen LogP contribution < -0.4 is 10.0 Å². The lowest BCUT2D eigenvalue weighted by molar-refractivity contribution is -0.904. The highest BCUT2D eigenvalue weighted by molar-refractivity contribution is 5.93. The molecule has 0 aliphatic carbocycles. The van der Waals surface area contributed by atoms with E-state index in [-0.39, 0.29) is 5.91 Å². The van der Waals surface area contributed by atoms with Crippen molar-refractivity contribution < 1.29 is 19.6 Å². The first-order valence-corrected chi connectivity index (χ1v) is 5.65. The molecular weight excluding hydrogens is 208 g/mol. The Bertz CT molecular complexity index is 281. The molecule has 1 heterocycles. The van der Waals surface area contributed by atoms with Crippen molar-refractivity contribution in [1.29, 1.82) is 0 Å². The summed E-state index contributed by atoms with van der Waals surface area (Å²) in [6.45, 7) is 6.57. The molecule has 1 aliphatic rings. The summed E-state index contributed by atoms with van der Waals surface area (Å²) in [5.74, 6) is -1.57. The molecule has 0 aromatic heterocycles. The van der Waals surface area contributed by atoms with Crippen LogP contribution >= 0.6 is 0 Å². The molecule has 0 radical (unpaired) electrons. The largest absolute Gasteiger partial charge is 0.545 e. The number of piperazine rings is 1. The minimum atomic E-state index is -1.33. The van der Waals surface area contributed by atoms with Gasteiger partial charge in [-0.25, -0.2) is 0 Å². The van der Waals surface area contributed by atoms with Crippen LogP contribution in [0.2, 0.25) is 0 Å². The van der Waals surface area contributed by atoms with E-state index in [1.807, 2.05) is 0 Å². The Morgan fingerprint density at radius 1 is 1.31 bits per heavy atom. The number of carbonyl (C=O) groups excluding carboxylic acids is 2. The molecule has 1 fully saturated rings. The number of hydrogen-bond donors (Lipinski definition) is 1. The molecule has 0 bridgehead atoms. The summed E-state index contributed by atoms with van der Waals surface area (Å²) in [5.41, 5.74) is 0. The molecule has 5 heteroatoms. The molecule has 1 N–H and O–H groups in total. The van der Waals surface area contributed by atoms with E-state index < -0.39 is 5.97 Å². The molecule has 0 spiro atoms. The lowest BCUT2D eigenvalue weighted by atomic mass is 10.3. The van der Waals surface area contributed by atoms with Gasteiger partial charge in [-0.15, -0.1) is 0 Å². The van der Waals surface area contributed by atoms with Crippen molar-refractivity contribution in [2.45, 2.75) is 13.3 Å². The molecule has 16 heavy (non-hydrogen) atoms. The summed E-state index contributed by atoms with van der Waals surface area (Å²) in [5, 5.41) is 10.2. The summed E-state index contributed by atoms with van der Waals surface area (Å²) >= 11 is 0. The van der Waals surface area contributed by atoms with Crippen molar-refractivity contribution in [3.05, 3.63) is 12.2 Å². The molecule has 1 saturated heterocycles. The highest BCUT2D eigenvalue weighted by atomic mass is 16.4. The molecule has 1 aliphatic heterocycles. The Labute approximate surface area is 95.3 Å². The van der Waals surface area contributed by atoms with Crippen molar-refractivity contribution in [1.82, 2.24) is 4.90 Å². The summed E-state index contributed by atoms with van der Waals surface area (Å²) in [6.07, 6.45) is 3.00. The molecule has 0 aromatic rings. The first-order valence-electron chi connectivity index (χ1n) is 5.65. The SMILES string of the molecule is CCC[NH+]1CCN(C(=O)C=CC(=O)[O-])CC1. The number of aliphatic carboxylic acids is 1. The summed E-state index contributed by atoms with van der Waals surface area (Å²) in [7, 11) is 0. The second-order valence-corrected chi connectivity index (χ2v) is 3.98. The van der Waals surface area contributed by atoms with E-state index >= 15 is 0 Å². The van der Waals surface area contributed by atoms with Crippen LogP contribution in [0.4, 0.5) is 0 Å². The van der Waals surface area contributed by atoms with E-state index in [0.29, 0.717) is 13.1 Å². The lowest BCUT2D eigenvalue weighted by Crippen LogP contribution is -3.14. The minimum absolute atomic E-state index is 0.236. The van der Waals surface area contributed by atoms with Gasteiger partial charge in [0.1, 0.15) is 0 Å². The average molecular weight is 226 g/mol. The zero-order valence-electron chi connectivity index (χ0n) is 9.57. The van der Waals surface area contributed by atoms with Crippen molar-refractivity contribution in [3.8, 4) is 0 Å². The van der Waals surface area contributed by atoms with Gasteiger partial charge < -0.3 is 19.7 Å². The smallest absolute Gasteiger partial charge is 0.247 e. The second kappa shape index (κ2) is 6.27. The number of carboxylic acid groups (broad SMARTS) is 1. The molecule has 1 amide bonds. The van der Waals surface area contributed by atoms with E-state index in [9.17, 15) is 14.7 Å². The Morgan fingerprint density at radius 3 is 2.44 bits per heavy atom. The number of carboxylic acids is 1. The predicted octanol–water partition coefficient (Wildman–Crippen LogP) is -2.57. The van der Waals surface area contributed by atoms with E-state index in [1.54, 1.807) is 4.90 Å². The number of quaternary nitrogens is 1. The first-order chi connectivity index (χ1) is 7.63. The molecule has 5 nitrogen and oxygen atoms in total. The number of nitrogens with zero attached hydrogens (tertiary/aromatic N) is 1. The topological polar surface area (TPSA) is 64.9 Å². The third-order valence-electron chi connectivity index (χ3n) is 2.75. The standard InChI is InChI=1S/C11H18N2O3/c1-2-5-12-6-8-13(9-7-12)10(14)3-4-11(15)16/h3-4H,2,5-9H2,1H3,(H,15,16). The maximum Gasteiger partial charge on any atom is 0.247 e. The fourth-order valence-corrected chi connectivity index (χ4v) is 1.89. The third-order valence-corrected chi connectivity index (χ3v) is 2.75. The minimum Gasteiger partial charge on any atom is -0.545 e. The fourth-order valence-electron chi connectivity index (χ4n) is 1.89. The number of nitrogens with one attached hydrogen (secondary N) is 1. The molecule has 0 saturated carbocycles. The number of amides is 1. The molecule has 90 valence electrons. The third kappa shape index (κ3) is 4.02. The van der Waals surface area contributed by atoms with Gasteiger partial charge in [0.25, 0.3) is 0 Å². The molecule has 0 unspecified atom stereocenters. The van der Waals surface area contributed by atoms with Crippen LogP contribution in [-0.2, 0) is 9.59 Å². The maximum atomic E-state index is 11.5. The zero-order valence-corrected chi connectivity index (χ0v) is 9.57. The van der Waals surface area contributed by atoms with Crippen LogP contribution in [0.25, 0.3) is 0 Å². The normalized spacial score (nSPS) is 17.9. The van der Waals surface area contributed by atoms with E-state index in [2.05, 4.69) is 6.92 Å². The first kappa shape index (κ1) is 12.7. The molecular formula is C11H18N2O3. The van der Waals surface area contributed by atoms with Crippen molar-refractivity contribution >= 4 is 11.9 Å². The van der Waals surface area contributed by atoms with Crippen molar-refractivity contribution in [2.75, 3.05) is 32.7 Å². The van der Waals surface area contributed by atoms with Crippen LogP contribution in [-0.4, -0.2) is 49.5 Å². The molecule has 1 rings (SSSR count). The van der Waals surface area contributed by atoms with Gasteiger partial charge in [0.15, 0.2) is 0 Å². The summed E-state index contributed by atoms with van der Waals surface area (Å²) in [6, 6.07) is 0. The fraction of sp³-hybridized carbons (Fsp3) is 0.636. The van der Waals surface area contributed by atoms with Crippen LogP contribution in [0.5, 0.6) is 0 Å². The van der Waals surface area contributed by atoms with Gasteiger partial charge in [0.05, 0.1) is 38.7 Å². The van der Waals surface area contributed by atoms with Gasteiger partial charge in [-0.3, -0.25) is 4.79 Å². The summed E-state index contributed by atoms with van der Waals surface area (Å²) < 4.78 is 0. The van der Waals surface area contributed by atoms with Gasteiger partial charge >= 0.3 is 0 Å². The van der Waals surface area contributed by atoms with Gasteiger partial charge in [-0.05, 0) is 12.5 Å². The van der Waals surface area contributed by atoms with Gasteiger partial charge in [-0.1, -0.05) is 6.92 Å². The molecule has 0 atom stereocenters. The quantitative estimate of drug-likeness (QED) is 0.536. The van der Waals surface area contributed by atoms with E-state index in [0.717, 1.165) is 38.2 Å². The van der Waals surface area contributed by atoms with Crippen molar-refractivity contribution in [2.24, 2.45) is 0 Å². The zero-order chi connectivity index (χ0) is 12.0. The van der Waals surface area contributed by atoms with Crippen molar-refractivity contribution in [3.63, 3.8) is 0 Å². The second-order valence-electron chi connectivity index (χ2n) is 3.98. The number of rotatable bonds is 4. The molecule has 0 aromatic carbocycles. The van der Waals surface area contributed by atoms with E-state index in [1.165, 1.54) is 4.90 Å². The van der Waals surface area contributed by atoms with E-state index in [4.69, 9.17) is 0 Å². The predicted molar refractivity (Wildman–Crippen MR) is 56.6 cm³/mol. The van der Waals surface area contributed by atoms with Crippen LogP contribution in [0.15, 0.2) is 12.2 Å². The van der Waals surface area contributed by atoms with Crippen LogP contribution in [0, 0.1) is 0 Å². The Hall–Kier alpha value is -1.36. The lowest BCUT2D eigenvalue weighted by Gasteiger charge is -2.31. The monoisotopic (exact) mass is 226 g/mol. The van der Waals surface area contributed by atoms with Crippen LogP contribution in [0.1, 0.15) is 13.3 Å². The average Bonchev–Trinajstić information content (AvgIpc) is 2.27. The maximum absolute atomic E-state index is 11.5. The number of carbonyl (C=O) groups is 2. The Morgan fingerprint density at radius 2 is 1.94 bits per heavy atom. The Balaban J connectivity index is 2.35. The number of hydrogen-bond acceptors (Lipinski definition) is 3. The highest BCUT2D eigenvalue weighted by Crippen LogP contribution is 1.92. The van der Waals surface area contributed by atoms with Gasteiger partial charge in [0, 0.05) is 6.08 Å². The summed E-state index contributed by atoms with van der Waals surface area (Å²) in [4.78, 5) is 24.8. The Kier molecular flexibility index (Phi) is 4.98. The van der Waals surface area contributed by atoms with Gasteiger partial charge in [-0.2, -0.15) is 0 Å².